The molecule has 0 amide bonds. The highest BCUT2D eigenvalue weighted by Gasteiger charge is 2.23. The largest absolute Gasteiger partial charge is 0.330 e. The number of hydrogen-bond donors (Lipinski definition) is 1. The molecule has 4 heteroatoms. The first-order chi connectivity index (χ1) is 6.85. The minimum Gasteiger partial charge on any atom is -0.330 e. The number of rotatable bonds is 3. The van der Waals surface area contributed by atoms with Crippen LogP contribution in [-0.4, -0.2) is 17.8 Å². The van der Waals surface area contributed by atoms with Crippen LogP contribution in [0.15, 0.2) is 0 Å². The Hall–Kier alpha value is -0.0600. The van der Waals surface area contributed by atoms with Crippen LogP contribution in [0.2, 0.25) is 0 Å². The van der Waals surface area contributed by atoms with E-state index in [0.717, 1.165) is 12.3 Å². The maximum Gasteiger partial charge on any atom is 0.103 e. The van der Waals surface area contributed by atoms with E-state index in [2.05, 4.69) is 6.26 Å². The molecule has 1 aliphatic carbocycles. The zero-order valence-corrected chi connectivity index (χ0v) is 10.1. The first-order valence-electron chi connectivity index (χ1n) is 5.02. The zero-order valence-electron chi connectivity index (χ0n) is 8.45. The third-order valence-corrected chi connectivity index (χ3v) is 4.54. The monoisotopic (exact) mass is 228 g/mol. The van der Waals surface area contributed by atoms with Crippen molar-refractivity contribution in [1.29, 1.82) is 0 Å². The zero-order chi connectivity index (χ0) is 9.97. The van der Waals surface area contributed by atoms with Gasteiger partial charge in [-0.15, -0.1) is 11.3 Å². The summed E-state index contributed by atoms with van der Waals surface area (Å²) >= 11 is 3.74. The number of aromatic nitrogens is 1. The van der Waals surface area contributed by atoms with Crippen molar-refractivity contribution >= 4 is 23.1 Å². The number of aryl methyl sites for hydroxylation is 1. The summed E-state index contributed by atoms with van der Waals surface area (Å²) in [5.74, 6) is 1.58. The molecule has 0 fully saturated rings. The first-order valence-corrected chi connectivity index (χ1v) is 7.23. The number of thiazole rings is 1. The normalized spacial score (nSPS) is 20.9. The molecule has 1 aromatic rings. The standard InChI is InChI=1S/C10H16N2S2/c1-13-6-9-12-10-7(5-11)3-2-4-8(10)14-9/h7H,2-6,11H2,1H3. The van der Waals surface area contributed by atoms with Crippen molar-refractivity contribution in [3.63, 3.8) is 0 Å². The molecule has 0 bridgehead atoms. The molecule has 2 rings (SSSR count). The predicted octanol–water partition coefficient (Wildman–Crippen LogP) is 2.38. The molecule has 78 valence electrons. The van der Waals surface area contributed by atoms with E-state index >= 15 is 0 Å². The molecule has 0 radical (unpaired) electrons. The van der Waals surface area contributed by atoms with E-state index < -0.39 is 0 Å². The van der Waals surface area contributed by atoms with E-state index in [1.807, 2.05) is 23.1 Å². The minimum absolute atomic E-state index is 0.533. The minimum atomic E-state index is 0.533. The molecule has 0 aromatic carbocycles. The second-order valence-corrected chi connectivity index (χ2v) is 5.71. The lowest BCUT2D eigenvalue weighted by atomic mass is 9.91. The molecule has 0 saturated heterocycles. The Balaban J connectivity index is 2.24. The lowest BCUT2D eigenvalue weighted by molar-refractivity contribution is 0.553. The summed E-state index contributed by atoms with van der Waals surface area (Å²) in [6, 6.07) is 0. The van der Waals surface area contributed by atoms with E-state index in [9.17, 15) is 0 Å². The van der Waals surface area contributed by atoms with Crippen LogP contribution in [0.25, 0.3) is 0 Å². The van der Waals surface area contributed by atoms with E-state index in [4.69, 9.17) is 10.7 Å². The van der Waals surface area contributed by atoms with Gasteiger partial charge in [-0.05, 0) is 25.5 Å². The summed E-state index contributed by atoms with van der Waals surface area (Å²) in [5.41, 5.74) is 7.07. The van der Waals surface area contributed by atoms with Crippen LogP contribution in [0.1, 0.15) is 34.3 Å². The summed E-state index contributed by atoms with van der Waals surface area (Å²) in [6.07, 6.45) is 5.86. The van der Waals surface area contributed by atoms with Gasteiger partial charge in [-0.2, -0.15) is 11.8 Å². The average Bonchev–Trinajstić information content (AvgIpc) is 2.60. The highest BCUT2D eigenvalue weighted by molar-refractivity contribution is 7.97. The molecule has 2 N–H and O–H groups in total. The fourth-order valence-corrected chi connectivity index (χ4v) is 3.86. The van der Waals surface area contributed by atoms with Gasteiger partial charge >= 0.3 is 0 Å². The number of thioether (sulfide) groups is 1. The van der Waals surface area contributed by atoms with Gasteiger partial charge in [0.1, 0.15) is 5.01 Å². The number of nitrogens with two attached hydrogens (primary N) is 1. The Morgan fingerprint density at radius 2 is 2.50 bits per heavy atom. The van der Waals surface area contributed by atoms with Crippen LogP contribution in [0.5, 0.6) is 0 Å². The van der Waals surface area contributed by atoms with Crippen LogP contribution in [0.4, 0.5) is 0 Å². The van der Waals surface area contributed by atoms with Gasteiger partial charge < -0.3 is 5.73 Å². The van der Waals surface area contributed by atoms with Gasteiger partial charge in [-0.3, -0.25) is 0 Å². The van der Waals surface area contributed by atoms with Crippen molar-refractivity contribution in [3.8, 4) is 0 Å². The van der Waals surface area contributed by atoms with Crippen molar-refractivity contribution in [2.75, 3.05) is 12.8 Å². The summed E-state index contributed by atoms with van der Waals surface area (Å²) < 4.78 is 0. The topological polar surface area (TPSA) is 38.9 Å². The Morgan fingerprint density at radius 3 is 3.21 bits per heavy atom. The van der Waals surface area contributed by atoms with E-state index in [-0.39, 0.29) is 0 Å². The Bertz CT molecular complexity index is 309. The lowest BCUT2D eigenvalue weighted by Gasteiger charge is -2.18. The fourth-order valence-electron chi connectivity index (χ4n) is 1.97. The van der Waals surface area contributed by atoms with Gasteiger partial charge in [-0.1, -0.05) is 0 Å². The molecule has 1 heterocycles. The highest BCUT2D eigenvalue weighted by atomic mass is 32.2. The summed E-state index contributed by atoms with van der Waals surface area (Å²) in [5, 5.41) is 1.28. The van der Waals surface area contributed by atoms with Crippen molar-refractivity contribution in [2.45, 2.75) is 30.9 Å². The maximum absolute atomic E-state index is 5.76. The summed E-state index contributed by atoms with van der Waals surface area (Å²) in [4.78, 5) is 6.21. The van der Waals surface area contributed by atoms with Gasteiger partial charge in [0.05, 0.1) is 5.69 Å². The highest BCUT2D eigenvalue weighted by Crippen LogP contribution is 2.34. The van der Waals surface area contributed by atoms with Gasteiger partial charge in [-0.25, -0.2) is 4.98 Å². The smallest absolute Gasteiger partial charge is 0.103 e. The van der Waals surface area contributed by atoms with Crippen LogP contribution in [0, 0.1) is 0 Å². The molecule has 1 unspecified atom stereocenters. The molecule has 0 saturated carbocycles. The third kappa shape index (κ3) is 1.97. The van der Waals surface area contributed by atoms with E-state index in [1.54, 1.807) is 0 Å². The molecule has 1 aromatic heterocycles. The fraction of sp³-hybridized carbons (Fsp3) is 0.700. The van der Waals surface area contributed by atoms with E-state index in [1.165, 1.54) is 34.8 Å². The maximum atomic E-state index is 5.76. The van der Waals surface area contributed by atoms with Crippen molar-refractivity contribution < 1.29 is 0 Å². The number of nitrogens with zero attached hydrogens (tertiary/aromatic N) is 1. The summed E-state index contributed by atoms with van der Waals surface area (Å²) in [6.45, 7) is 0.759. The second-order valence-electron chi connectivity index (χ2n) is 3.67. The average molecular weight is 228 g/mol. The van der Waals surface area contributed by atoms with Crippen LogP contribution in [-0.2, 0) is 12.2 Å². The molecular weight excluding hydrogens is 212 g/mol. The van der Waals surface area contributed by atoms with Crippen molar-refractivity contribution in [2.24, 2.45) is 5.73 Å². The SMILES string of the molecule is CSCc1nc2c(s1)CCCC2CN. The molecule has 0 aliphatic heterocycles. The van der Waals surface area contributed by atoms with Gasteiger partial charge in [0.25, 0.3) is 0 Å². The van der Waals surface area contributed by atoms with Crippen molar-refractivity contribution in [1.82, 2.24) is 4.98 Å². The van der Waals surface area contributed by atoms with Gasteiger partial charge in [0.15, 0.2) is 0 Å². The van der Waals surface area contributed by atoms with Gasteiger partial charge in [0, 0.05) is 23.1 Å². The van der Waals surface area contributed by atoms with Crippen molar-refractivity contribution in [3.05, 3.63) is 15.6 Å². The van der Waals surface area contributed by atoms with Crippen LogP contribution < -0.4 is 5.73 Å². The van der Waals surface area contributed by atoms with Crippen LogP contribution >= 0.6 is 23.1 Å². The predicted molar refractivity (Wildman–Crippen MR) is 64.1 cm³/mol. The molecule has 1 atom stereocenters. The molecule has 2 nitrogen and oxygen atoms in total. The van der Waals surface area contributed by atoms with E-state index in [0.29, 0.717) is 5.92 Å². The Morgan fingerprint density at radius 1 is 1.64 bits per heavy atom. The molecular formula is C10H16N2S2. The molecule has 1 aliphatic rings. The lowest BCUT2D eigenvalue weighted by Crippen LogP contribution is -2.17. The Labute approximate surface area is 93.3 Å². The third-order valence-electron chi connectivity index (χ3n) is 2.67. The number of hydrogen-bond acceptors (Lipinski definition) is 4. The molecule has 0 spiro atoms. The molecule has 14 heavy (non-hydrogen) atoms. The Kier molecular flexibility index (Phi) is 3.47. The summed E-state index contributed by atoms with van der Waals surface area (Å²) in [7, 11) is 0. The van der Waals surface area contributed by atoms with Gasteiger partial charge in [0.2, 0.25) is 0 Å². The number of fused-ring (bicyclic) bond motifs is 1. The quantitative estimate of drug-likeness (QED) is 0.863. The van der Waals surface area contributed by atoms with Crippen LogP contribution in [0.3, 0.4) is 0 Å². The first kappa shape index (κ1) is 10.5. The second kappa shape index (κ2) is 4.64.